The van der Waals surface area contributed by atoms with Crippen molar-refractivity contribution in [1.29, 1.82) is 0 Å². The number of nitrogens with two attached hydrogens (primary N) is 3. The lowest BCUT2D eigenvalue weighted by molar-refractivity contribution is -0.143. The third-order valence-corrected chi connectivity index (χ3v) is 5.53. The molecule has 3 amide bonds. The van der Waals surface area contributed by atoms with Crippen LogP contribution in [0.3, 0.4) is 0 Å². The molecule has 0 aromatic heterocycles. The van der Waals surface area contributed by atoms with Crippen molar-refractivity contribution in [3.8, 4) is 0 Å². The van der Waals surface area contributed by atoms with Crippen molar-refractivity contribution >= 4 is 47.4 Å². The van der Waals surface area contributed by atoms with E-state index in [1.165, 1.54) is 11.8 Å². The highest BCUT2D eigenvalue weighted by Gasteiger charge is 2.31. The van der Waals surface area contributed by atoms with Crippen LogP contribution in [0.25, 0.3) is 0 Å². The molecule has 14 nitrogen and oxygen atoms in total. The standard InChI is InChI=1S/C21H39N7O7S/c1-11(2)9-14(18(32)26-13(20(34)35)5-4-7-25-21(23)24)28-19(33)15(10-16(29)30)27-17(31)12(22)6-8-36-3/h11-15H,4-10,22H2,1-3H3,(H,26,32)(H,27,31)(H,28,33)(H,29,30)(H,34,35)(H4,23,24,25). The Kier molecular flexibility index (Phi) is 15.9. The van der Waals surface area contributed by atoms with E-state index in [1.807, 2.05) is 6.26 Å². The summed E-state index contributed by atoms with van der Waals surface area (Å²) in [7, 11) is 0. The molecule has 4 unspecified atom stereocenters. The van der Waals surface area contributed by atoms with Crippen LogP contribution >= 0.6 is 11.8 Å². The zero-order chi connectivity index (χ0) is 27.8. The molecule has 0 bridgehead atoms. The summed E-state index contributed by atoms with van der Waals surface area (Å²) in [5.74, 6) is -4.61. The molecule has 0 aliphatic rings. The van der Waals surface area contributed by atoms with Gasteiger partial charge in [0.2, 0.25) is 17.7 Å². The maximum Gasteiger partial charge on any atom is 0.326 e. The molecular weight excluding hydrogens is 494 g/mol. The minimum Gasteiger partial charge on any atom is -0.481 e. The van der Waals surface area contributed by atoms with E-state index in [-0.39, 0.29) is 37.7 Å². The van der Waals surface area contributed by atoms with Crippen LogP contribution in [-0.4, -0.2) is 88.6 Å². The summed E-state index contributed by atoms with van der Waals surface area (Å²) in [5.41, 5.74) is 16.3. The van der Waals surface area contributed by atoms with Crippen molar-refractivity contribution in [3.05, 3.63) is 0 Å². The van der Waals surface area contributed by atoms with Crippen molar-refractivity contribution in [1.82, 2.24) is 16.0 Å². The van der Waals surface area contributed by atoms with Crippen LogP contribution in [0.2, 0.25) is 0 Å². The van der Waals surface area contributed by atoms with E-state index in [0.717, 1.165) is 0 Å². The number of guanidine groups is 1. The molecule has 206 valence electrons. The molecule has 0 rings (SSSR count). The van der Waals surface area contributed by atoms with Crippen LogP contribution in [0, 0.1) is 5.92 Å². The van der Waals surface area contributed by atoms with Crippen molar-refractivity contribution in [2.45, 2.75) is 70.1 Å². The van der Waals surface area contributed by atoms with E-state index in [4.69, 9.17) is 17.2 Å². The Labute approximate surface area is 214 Å². The summed E-state index contributed by atoms with van der Waals surface area (Å²) in [4.78, 5) is 64.8. The number of nitrogens with zero attached hydrogens (tertiary/aromatic N) is 1. The van der Waals surface area contributed by atoms with Crippen LogP contribution in [-0.2, 0) is 24.0 Å². The number of aliphatic imine (C=N–C) groups is 1. The smallest absolute Gasteiger partial charge is 0.326 e. The minimum absolute atomic E-state index is 0.0336. The monoisotopic (exact) mass is 533 g/mol. The summed E-state index contributed by atoms with van der Waals surface area (Å²) < 4.78 is 0. The summed E-state index contributed by atoms with van der Waals surface area (Å²) in [5, 5.41) is 25.8. The van der Waals surface area contributed by atoms with Gasteiger partial charge in [0.1, 0.15) is 18.1 Å². The first-order chi connectivity index (χ1) is 16.8. The zero-order valence-electron chi connectivity index (χ0n) is 20.9. The lowest BCUT2D eigenvalue weighted by Gasteiger charge is -2.25. The third-order valence-electron chi connectivity index (χ3n) is 4.88. The van der Waals surface area contributed by atoms with Crippen molar-refractivity contribution in [3.63, 3.8) is 0 Å². The molecule has 11 N–H and O–H groups in total. The van der Waals surface area contributed by atoms with Crippen LogP contribution in [0.1, 0.15) is 46.0 Å². The first-order valence-corrected chi connectivity index (χ1v) is 12.8. The second-order valence-electron chi connectivity index (χ2n) is 8.59. The topological polar surface area (TPSA) is 252 Å². The zero-order valence-corrected chi connectivity index (χ0v) is 21.7. The summed E-state index contributed by atoms with van der Waals surface area (Å²) in [6.07, 6.45) is 1.88. The highest BCUT2D eigenvalue weighted by atomic mass is 32.2. The number of hydrogen-bond acceptors (Lipinski definition) is 8. The van der Waals surface area contributed by atoms with E-state index in [9.17, 15) is 34.2 Å². The Morgan fingerprint density at radius 3 is 1.94 bits per heavy atom. The van der Waals surface area contributed by atoms with Gasteiger partial charge in [0.25, 0.3) is 0 Å². The van der Waals surface area contributed by atoms with Gasteiger partial charge in [0, 0.05) is 6.54 Å². The Morgan fingerprint density at radius 1 is 0.889 bits per heavy atom. The molecule has 4 atom stereocenters. The van der Waals surface area contributed by atoms with E-state index in [2.05, 4.69) is 20.9 Å². The number of hydrogen-bond donors (Lipinski definition) is 8. The fourth-order valence-electron chi connectivity index (χ4n) is 3.05. The molecule has 0 fully saturated rings. The molecule has 0 aromatic carbocycles. The number of amides is 3. The number of rotatable bonds is 18. The number of carboxylic acid groups (broad SMARTS) is 2. The molecule has 15 heteroatoms. The number of thioether (sulfide) groups is 1. The fraction of sp³-hybridized carbons (Fsp3) is 0.714. The van der Waals surface area contributed by atoms with Gasteiger partial charge in [-0.25, -0.2) is 4.79 Å². The van der Waals surface area contributed by atoms with Gasteiger partial charge in [-0.1, -0.05) is 13.8 Å². The van der Waals surface area contributed by atoms with E-state index in [1.54, 1.807) is 13.8 Å². The number of carboxylic acids is 2. The largest absolute Gasteiger partial charge is 0.481 e. The second kappa shape index (κ2) is 17.4. The Hall–Kier alpha value is -3.07. The van der Waals surface area contributed by atoms with Crippen LogP contribution in [0.15, 0.2) is 4.99 Å². The van der Waals surface area contributed by atoms with Gasteiger partial charge < -0.3 is 43.4 Å². The second-order valence-corrected chi connectivity index (χ2v) is 9.57. The van der Waals surface area contributed by atoms with Crippen LogP contribution < -0.4 is 33.2 Å². The number of carbonyl (C=O) groups is 5. The van der Waals surface area contributed by atoms with Crippen LogP contribution in [0.4, 0.5) is 0 Å². The predicted octanol–water partition coefficient (Wildman–Crippen LogP) is -1.82. The maximum atomic E-state index is 12.9. The average molecular weight is 534 g/mol. The van der Waals surface area contributed by atoms with Gasteiger partial charge in [-0.05, 0) is 43.6 Å². The summed E-state index contributed by atoms with van der Waals surface area (Å²) in [6, 6.07) is -4.85. The SMILES string of the molecule is CSCCC(N)C(=O)NC(CC(=O)O)C(=O)NC(CC(C)C)C(=O)NC(CCCN=C(N)N)C(=O)O. The van der Waals surface area contributed by atoms with E-state index >= 15 is 0 Å². The molecule has 0 saturated carbocycles. The molecule has 0 radical (unpaired) electrons. The molecule has 0 aliphatic heterocycles. The fourth-order valence-corrected chi connectivity index (χ4v) is 3.54. The Balaban J connectivity index is 5.45. The Bertz CT molecular complexity index is 791. The first-order valence-electron chi connectivity index (χ1n) is 11.4. The van der Waals surface area contributed by atoms with Gasteiger partial charge >= 0.3 is 11.9 Å². The average Bonchev–Trinajstić information content (AvgIpc) is 2.77. The van der Waals surface area contributed by atoms with Gasteiger partial charge in [-0.2, -0.15) is 11.8 Å². The quantitative estimate of drug-likeness (QED) is 0.0553. The van der Waals surface area contributed by atoms with Gasteiger partial charge in [-0.3, -0.25) is 24.2 Å². The molecule has 0 saturated heterocycles. The van der Waals surface area contributed by atoms with Crippen molar-refractivity contribution in [2.75, 3.05) is 18.6 Å². The molecule has 0 aliphatic carbocycles. The predicted molar refractivity (Wildman–Crippen MR) is 136 cm³/mol. The van der Waals surface area contributed by atoms with Crippen LogP contribution in [0.5, 0.6) is 0 Å². The van der Waals surface area contributed by atoms with Gasteiger partial charge in [0.05, 0.1) is 12.5 Å². The van der Waals surface area contributed by atoms with Crippen molar-refractivity contribution < 1.29 is 34.2 Å². The summed E-state index contributed by atoms with van der Waals surface area (Å²) in [6.45, 7) is 3.75. The summed E-state index contributed by atoms with van der Waals surface area (Å²) >= 11 is 1.48. The third kappa shape index (κ3) is 14.4. The maximum absolute atomic E-state index is 12.9. The molecule has 36 heavy (non-hydrogen) atoms. The highest BCUT2D eigenvalue weighted by Crippen LogP contribution is 2.08. The van der Waals surface area contributed by atoms with E-state index in [0.29, 0.717) is 12.2 Å². The number of nitrogens with one attached hydrogen (secondary N) is 3. The van der Waals surface area contributed by atoms with E-state index < -0.39 is 60.2 Å². The van der Waals surface area contributed by atoms with Gasteiger partial charge in [-0.15, -0.1) is 0 Å². The minimum atomic E-state index is -1.48. The molecule has 0 aromatic rings. The number of carbonyl (C=O) groups excluding carboxylic acids is 3. The van der Waals surface area contributed by atoms with Gasteiger partial charge in [0.15, 0.2) is 5.96 Å². The first kappa shape index (κ1) is 32.9. The molecule has 0 spiro atoms. The molecular formula is C21H39N7O7S. The Morgan fingerprint density at radius 2 is 1.44 bits per heavy atom. The molecule has 0 heterocycles. The highest BCUT2D eigenvalue weighted by molar-refractivity contribution is 7.98. The lowest BCUT2D eigenvalue weighted by Crippen LogP contribution is -2.57. The number of aliphatic carboxylic acids is 2. The lowest BCUT2D eigenvalue weighted by atomic mass is 10.0. The van der Waals surface area contributed by atoms with Crippen molar-refractivity contribution in [2.24, 2.45) is 28.1 Å². The normalized spacial score (nSPS) is 14.1.